The van der Waals surface area contributed by atoms with Gasteiger partial charge in [-0.15, -0.1) is 0 Å². The van der Waals surface area contributed by atoms with Crippen LogP contribution in [-0.4, -0.2) is 23.0 Å². The molecule has 1 amide bonds. The Bertz CT molecular complexity index is 492. The van der Waals surface area contributed by atoms with Crippen LogP contribution in [0.1, 0.15) is 43.7 Å². The molecule has 0 aromatic carbocycles. The van der Waals surface area contributed by atoms with Gasteiger partial charge in [-0.25, -0.2) is 0 Å². The third-order valence-corrected chi connectivity index (χ3v) is 4.53. The van der Waals surface area contributed by atoms with Crippen LogP contribution in [-0.2, 0) is 0 Å². The topological polar surface area (TPSA) is 68.0 Å². The van der Waals surface area contributed by atoms with E-state index in [0.717, 1.165) is 5.69 Å². The number of hydrogen-bond donors (Lipinski definition) is 2. The minimum atomic E-state index is -0.0821. The summed E-state index contributed by atoms with van der Waals surface area (Å²) < 4.78 is 0. The van der Waals surface area contributed by atoms with Crippen LogP contribution in [0.15, 0.2) is 18.3 Å². The number of aromatic nitrogens is 1. The van der Waals surface area contributed by atoms with Gasteiger partial charge in [0, 0.05) is 40.4 Å². The van der Waals surface area contributed by atoms with Crippen molar-refractivity contribution >= 4 is 5.91 Å². The lowest BCUT2D eigenvalue weighted by molar-refractivity contribution is -0.0663. The Morgan fingerprint density at radius 1 is 1.32 bits per heavy atom. The highest BCUT2D eigenvalue weighted by atomic mass is 16.1. The molecule has 0 atom stereocenters. The minimum absolute atomic E-state index is 0.0523. The maximum Gasteiger partial charge on any atom is 0.251 e. The molecule has 4 heteroatoms. The summed E-state index contributed by atoms with van der Waals surface area (Å²) in [5.41, 5.74) is 7.53. The van der Waals surface area contributed by atoms with Gasteiger partial charge in [-0.1, -0.05) is 27.7 Å². The molecule has 0 unspecified atom stereocenters. The van der Waals surface area contributed by atoms with Crippen LogP contribution in [0, 0.1) is 17.8 Å². The molecule has 19 heavy (non-hydrogen) atoms. The van der Waals surface area contributed by atoms with Crippen molar-refractivity contribution in [2.45, 2.75) is 46.7 Å². The number of nitrogens with two attached hydrogens (primary N) is 1. The predicted molar refractivity (Wildman–Crippen MR) is 75.8 cm³/mol. The number of carbonyl (C=O) groups is 1. The third-order valence-electron chi connectivity index (χ3n) is 4.53. The summed E-state index contributed by atoms with van der Waals surface area (Å²) in [6.07, 6.45) is 1.66. The summed E-state index contributed by atoms with van der Waals surface area (Å²) in [7, 11) is 0. The third kappa shape index (κ3) is 2.14. The Balaban J connectivity index is 2.16. The maximum atomic E-state index is 12.3. The quantitative estimate of drug-likeness (QED) is 0.854. The fourth-order valence-electron chi connectivity index (χ4n) is 3.45. The molecule has 1 heterocycles. The van der Waals surface area contributed by atoms with Crippen LogP contribution in [0.4, 0.5) is 0 Å². The molecule has 4 nitrogen and oxygen atoms in total. The lowest BCUT2D eigenvalue weighted by Gasteiger charge is -2.62. The van der Waals surface area contributed by atoms with Crippen LogP contribution in [0.5, 0.6) is 0 Å². The Labute approximate surface area is 114 Å². The molecule has 1 aromatic rings. The standard InChI is InChI=1S/C15H23N3O/c1-9-8-10(6-7-17-9)11(19)18-13-14(2,3)12(16)15(13,4)5/h6-8,12-13H,16H2,1-5H3,(H,18,19). The van der Waals surface area contributed by atoms with Gasteiger partial charge >= 0.3 is 0 Å². The zero-order valence-electron chi connectivity index (χ0n) is 12.3. The monoisotopic (exact) mass is 261 g/mol. The van der Waals surface area contributed by atoms with Gasteiger partial charge in [-0.05, 0) is 19.1 Å². The zero-order chi connectivity index (χ0) is 14.4. The first-order valence-electron chi connectivity index (χ1n) is 6.66. The molecule has 1 fully saturated rings. The molecule has 0 bridgehead atoms. The van der Waals surface area contributed by atoms with Gasteiger partial charge < -0.3 is 11.1 Å². The van der Waals surface area contributed by atoms with E-state index >= 15 is 0 Å². The summed E-state index contributed by atoms with van der Waals surface area (Å²) in [4.78, 5) is 16.4. The fraction of sp³-hybridized carbons (Fsp3) is 0.600. The molecule has 1 saturated carbocycles. The van der Waals surface area contributed by atoms with Crippen LogP contribution < -0.4 is 11.1 Å². The molecule has 0 radical (unpaired) electrons. The minimum Gasteiger partial charge on any atom is -0.348 e. The molecule has 2 rings (SSSR count). The van der Waals surface area contributed by atoms with Crippen molar-refractivity contribution in [3.8, 4) is 0 Å². The van der Waals surface area contributed by atoms with Crippen molar-refractivity contribution in [2.75, 3.05) is 0 Å². The zero-order valence-corrected chi connectivity index (χ0v) is 12.3. The molecule has 1 aromatic heterocycles. The summed E-state index contributed by atoms with van der Waals surface area (Å²) in [6, 6.07) is 3.70. The van der Waals surface area contributed by atoms with Gasteiger partial charge in [0.15, 0.2) is 0 Å². The Hall–Kier alpha value is -1.42. The van der Waals surface area contributed by atoms with Gasteiger partial charge in [0.2, 0.25) is 0 Å². The number of nitrogens with zero attached hydrogens (tertiary/aromatic N) is 1. The second kappa shape index (κ2) is 4.30. The number of rotatable bonds is 2. The predicted octanol–water partition coefficient (Wildman–Crippen LogP) is 1.88. The molecule has 0 aliphatic heterocycles. The van der Waals surface area contributed by atoms with Crippen molar-refractivity contribution < 1.29 is 4.79 Å². The maximum absolute atomic E-state index is 12.3. The van der Waals surface area contributed by atoms with Gasteiger partial charge in [-0.2, -0.15) is 0 Å². The molecule has 0 spiro atoms. The number of nitrogens with one attached hydrogen (secondary N) is 1. The SMILES string of the molecule is Cc1cc(C(=O)NC2C(C)(C)C(N)C2(C)C)ccn1. The Morgan fingerprint density at radius 2 is 1.89 bits per heavy atom. The molecule has 0 saturated heterocycles. The van der Waals surface area contributed by atoms with E-state index in [1.54, 1.807) is 18.3 Å². The number of aryl methyl sites for hydroxylation is 1. The van der Waals surface area contributed by atoms with Crippen molar-refractivity contribution in [1.29, 1.82) is 0 Å². The highest BCUT2D eigenvalue weighted by molar-refractivity contribution is 5.94. The van der Waals surface area contributed by atoms with Crippen molar-refractivity contribution in [3.63, 3.8) is 0 Å². The molecular weight excluding hydrogens is 238 g/mol. The van der Waals surface area contributed by atoms with Crippen LogP contribution in [0.2, 0.25) is 0 Å². The van der Waals surface area contributed by atoms with E-state index in [4.69, 9.17) is 5.73 Å². The van der Waals surface area contributed by atoms with Crippen molar-refractivity contribution in [2.24, 2.45) is 16.6 Å². The lowest BCUT2D eigenvalue weighted by atomic mass is 9.48. The van der Waals surface area contributed by atoms with Gasteiger partial charge in [0.05, 0.1) is 0 Å². The summed E-state index contributed by atoms with van der Waals surface area (Å²) in [5, 5.41) is 3.12. The first-order valence-corrected chi connectivity index (χ1v) is 6.66. The largest absolute Gasteiger partial charge is 0.348 e. The molecule has 3 N–H and O–H groups in total. The summed E-state index contributed by atoms with van der Waals surface area (Å²) in [5.74, 6) is -0.0523. The Morgan fingerprint density at radius 3 is 2.42 bits per heavy atom. The molecule has 1 aliphatic rings. The van der Waals surface area contributed by atoms with E-state index < -0.39 is 0 Å². The number of amides is 1. The first kappa shape index (κ1) is 14.0. The molecule has 104 valence electrons. The van der Waals surface area contributed by atoms with Crippen LogP contribution in [0.3, 0.4) is 0 Å². The summed E-state index contributed by atoms with van der Waals surface area (Å²) in [6.45, 7) is 10.3. The van der Waals surface area contributed by atoms with E-state index in [9.17, 15) is 4.79 Å². The van der Waals surface area contributed by atoms with Crippen LogP contribution in [0.25, 0.3) is 0 Å². The van der Waals surface area contributed by atoms with E-state index in [-0.39, 0.29) is 28.8 Å². The number of pyridine rings is 1. The van der Waals surface area contributed by atoms with Crippen LogP contribution >= 0.6 is 0 Å². The highest BCUT2D eigenvalue weighted by Gasteiger charge is 2.60. The highest BCUT2D eigenvalue weighted by Crippen LogP contribution is 2.52. The van der Waals surface area contributed by atoms with E-state index in [0.29, 0.717) is 5.56 Å². The second-order valence-electron chi connectivity index (χ2n) is 6.71. The van der Waals surface area contributed by atoms with Crippen molar-refractivity contribution in [1.82, 2.24) is 10.3 Å². The molecular formula is C15H23N3O. The molecule has 1 aliphatic carbocycles. The van der Waals surface area contributed by atoms with E-state index in [2.05, 4.69) is 38.0 Å². The number of hydrogen-bond acceptors (Lipinski definition) is 3. The van der Waals surface area contributed by atoms with Gasteiger partial charge in [0.25, 0.3) is 5.91 Å². The second-order valence-corrected chi connectivity index (χ2v) is 6.71. The summed E-state index contributed by atoms with van der Waals surface area (Å²) >= 11 is 0. The van der Waals surface area contributed by atoms with E-state index in [1.165, 1.54) is 0 Å². The number of carbonyl (C=O) groups excluding carboxylic acids is 1. The fourth-order valence-corrected chi connectivity index (χ4v) is 3.45. The first-order chi connectivity index (χ1) is 8.67. The average molecular weight is 261 g/mol. The van der Waals surface area contributed by atoms with Crippen molar-refractivity contribution in [3.05, 3.63) is 29.6 Å². The van der Waals surface area contributed by atoms with Gasteiger partial charge in [-0.3, -0.25) is 9.78 Å². The van der Waals surface area contributed by atoms with Gasteiger partial charge in [0.1, 0.15) is 0 Å². The Kier molecular flexibility index (Phi) is 3.17. The normalized spacial score (nSPS) is 27.5. The average Bonchev–Trinajstić information content (AvgIpc) is 2.34. The van der Waals surface area contributed by atoms with E-state index in [1.807, 2.05) is 6.92 Å². The smallest absolute Gasteiger partial charge is 0.251 e. The lowest BCUT2D eigenvalue weighted by Crippen LogP contribution is -2.76.